The van der Waals surface area contributed by atoms with Crippen molar-refractivity contribution in [2.75, 3.05) is 13.1 Å². The van der Waals surface area contributed by atoms with E-state index >= 15 is 0 Å². The first-order valence-electron chi connectivity index (χ1n) is 6.46. The van der Waals surface area contributed by atoms with Crippen molar-refractivity contribution < 1.29 is 8.42 Å². The SMILES string of the molecule is CC(C)N(CCC#N)S(=O)(=O)c1cncc(C#CCN)c1. The van der Waals surface area contributed by atoms with Gasteiger partial charge in [0.2, 0.25) is 10.0 Å². The first kappa shape index (κ1) is 17.1. The van der Waals surface area contributed by atoms with E-state index in [1.54, 1.807) is 13.8 Å². The molecule has 0 radical (unpaired) electrons. The van der Waals surface area contributed by atoms with Crippen LogP contribution in [0.2, 0.25) is 0 Å². The molecular weight excluding hydrogens is 288 g/mol. The highest BCUT2D eigenvalue weighted by Gasteiger charge is 2.27. The average molecular weight is 306 g/mol. The largest absolute Gasteiger partial charge is 0.320 e. The van der Waals surface area contributed by atoms with E-state index < -0.39 is 10.0 Å². The molecule has 1 heterocycles. The second-order valence-corrected chi connectivity index (χ2v) is 6.42. The molecule has 0 aromatic carbocycles. The minimum absolute atomic E-state index is 0.0676. The number of aromatic nitrogens is 1. The summed E-state index contributed by atoms with van der Waals surface area (Å²) >= 11 is 0. The first-order chi connectivity index (χ1) is 9.93. The number of rotatable bonds is 5. The summed E-state index contributed by atoms with van der Waals surface area (Å²) < 4.78 is 26.5. The zero-order chi connectivity index (χ0) is 15.9. The number of nitrogens with two attached hydrogens (primary N) is 1. The summed E-state index contributed by atoms with van der Waals surface area (Å²) in [4.78, 5) is 3.98. The lowest BCUT2D eigenvalue weighted by Crippen LogP contribution is -2.37. The standard InChI is InChI=1S/C14H18N4O2S/c1-12(2)18(8-4-7-16)21(19,20)14-9-13(5-3-6-15)10-17-11-14/h9-12H,4,6,8,15H2,1-2H3. The van der Waals surface area contributed by atoms with Crippen LogP contribution in [0.15, 0.2) is 23.4 Å². The maximum atomic E-state index is 12.6. The third-order valence-corrected chi connectivity index (χ3v) is 4.72. The summed E-state index contributed by atoms with van der Waals surface area (Å²) in [7, 11) is -3.70. The van der Waals surface area contributed by atoms with Crippen molar-refractivity contribution in [3.63, 3.8) is 0 Å². The number of sulfonamides is 1. The predicted octanol–water partition coefficient (Wildman–Crippen LogP) is 0.705. The fourth-order valence-electron chi connectivity index (χ4n) is 1.73. The van der Waals surface area contributed by atoms with Crippen molar-refractivity contribution >= 4 is 10.0 Å². The van der Waals surface area contributed by atoms with Gasteiger partial charge in [-0.1, -0.05) is 11.8 Å². The molecule has 21 heavy (non-hydrogen) atoms. The lowest BCUT2D eigenvalue weighted by atomic mass is 10.3. The molecule has 0 fully saturated rings. The minimum atomic E-state index is -3.70. The van der Waals surface area contributed by atoms with Crippen LogP contribution in [0, 0.1) is 23.2 Å². The molecule has 1 rings (SSSR count). The Morgan fingerprint density at radius 3 is 2.71 bits per heavy atom. The van der Waals surface area contributed by atoms with Gasteiger partial charge in [0.25, 0.3) is 0 Å². The second kappa shape index (κ2) is 7.75. The van der Waals surface area contributed by atoms with Crippen molar-refractivity contribution in [1.29, 1.82) is 5.26 Å². The second-order valence-electron chi connectivity index (χ2n) is 4.53. The Kier molecular flexibility index (Phi) is 6.32. The van der Waals surface area contributed by atoms with Gasteiger partial charge in [0.15, 0.2) is 0 Å². The number of hydrogen-bond acceptors (Lipinski definition) is 5. The summed E-state index contributed by atoms with van der Waals surface area (Å²) in [5.74, 6) is 5.41. The molecule has 1 aromatic rings. The Morgan fingerprint density at radius 2 is 2.14 bits per heavy atom. The molecule has 112 valence electrons. The molecule has 0 aliphatic heterocycles. The van der Waals surface area contributed by atoms with Crippen LogP contribution in [-0.2, 0) is 10.0 Å². The van der Waals surface area contributed by atoms with Gasteiger partial charge in [-0.2, -0.15) is 9.57 Å². The van der Waals surface area contributed by atoms with Crippen LogP contribution in [0.1, 0.15) is 25.8 Å². The Labute approximate surface area is 125 Å². The Hall–Kier alpha value is -1.93. The lowest BCUT2D eigenvalue weighted by Gasteiger charge is -2.24. The van der Waals surface area contributed by atoms with Crippen LogP contribution < -0.4 is 5.73 Å². The van der Waals surface area contributed by atoms with E-state index in [9.17, 15) is 8.42 Å². The summed E-state index contributed by atoms with van der Waals surface area (Å²) in [6.45, 7) is 3.87. The van der Waals surface area contributed by atoms with Gasteiger partial charge in [-0.05, 0) is 19.9 Å². The number of nitriles is 1. The smallest absolute Gasteiger partial charge is 0.244 e. The highest BCUT2D eigenvalue weighted by Crippen LogP contribution is 2.18. The van der Waals surface area contributed by atoms with Gasteiger partial charge in [-0.25, -0.2) is 8.42 Å². The highest BCUT2D eigenvalue weighted by atomic mass is 32.2. The Balaban J connectivity index is 3.19. The van der Waals surface area contributed by atoms with Crippen molar-refractivity contribution in [1.82, 2.24) is 9.29 Å². The molecular formula is C14H18N4O2S. The third kappa shape index (κ3) is 4.54. The van der Waals surface area contributed by atoms with Crippen molar-refractivity contribution in [3.8, 4) is 17.9 Å². The van der Waals surface area contributed by atoms with E-state index in [2.05, 4.69) is 16.8 Å². The normalized spacial score (nSPS) is 11.0. The van der Waals surface area contributed by atoms with Gasteiger partial charge in [-0.3, -0.25) is 4.98 Å². The number of hydrogen-bond donors (Lipinski definition) is 1. The minimum Gasteiger partial charge on any atom is -0.320 e. The van der Waals surface area contributed by atoms with E-state index in [0.29, 0.717) is 5.56 Å². The third-order valence-electron chi connectivity index (χ3n) is 2.67. The molecule has 0 saturated heterocycles. The van der Waals surface area contributed by atoms with Crippen LogP contribution in [0.25, 0.3) is 0 Å². The topological polar surface area (TPSA) is 100 Å². The van der Waals surface area contributed by atoms with Gasteiger partial charge in [0.1, 0.15) is 4.90 Å². The molecule has 6 nitrogen and oxygen atoms in total. The van der Waals surface area contributed by atoms with Gasteiger partial charge in [-0.15, -0.1) is 0 Å². The molecule has 0 bridgehead atoms. The van der Waals surface area contributed by atoms with Gasteiger partial charge in [0.05, 0.1) is 12.6 Å². The maximum absolute atomic E-state index is 12.6. The molecule has 0 atom stereocenters. The van der Waals surface area contributed by atoms with Crippen molar-refractivity contribution in [2.45, 2.75) is 31.2 Å². The quantitative estimate of drug-likeness (QED) is 0.807. The summed E-state index contributed by atoms with van der Waals surface area (Å²) in [6, 6.07) is 3.17. The van der Waals surface area contributed by atoms with Crippen molar-refractivity contribution in [2.24, 2.45) is 5.73 Å². The highest BCUT2D eigenvalue weighted by molar-refractivity contribution is 7.89. The van der Waals surface area contributed by atoms with Crippen LogP contribution >= 0.6 is 0 Å². The fraction of sp³-hybridized carbons (Fsp3) is 0.429. The van der Waals surface area contributed by atoms with Crippen LogP contribution in [-0.4, -0.2) is 36.8 Å². The lowest BCUT2D eigenvalue weighted by molar-refractivity contribution is 0.360. The molecule has 0 saturated carbocycles. The molecule has 0 aliphatic carbocycles. The maximum Gasteiger partial charge on any atom is 0.244 e. The van der Waals surface area contributed by atoms with E-state index in [-0.39, 0.29) is 30.4 Å². The monoisotopic (exact) mass is 306 g/mol. The van der Waals surface area contributed by atoms with Crippen LogP contribution in [0.4, 0.5) is 0 Å². The molecule has 1 aromatic heterocycles. The molecule has 0 unspecified atom stereocenters. The zero-order valence-electron chi connectivity index (χ0n) is 12.1. The van der Waals surface area contributed by atoms with Crippen LogP contribution in [0.5, 0.6) is 0 Å². The molecule has 0 amide bonds. The predicted molar refractivity (Wildman–Crippen MR) is 79.4 cm³/mol. The zero-order valence-corrected chi connectivity index (χ0v) is 12.9. The fourth-order valence-corrected chi connectivity index (χ4v) is 3.36. The van der Waals surface area contributed by atoms with E-state index in [4.69, 9.17) is 11.0 Å². The molecule has 2 N–H and O–H groups in total. The van der Waals surface area contributed by atoms with Crippen LogP contribution in [0.3, 0.4) is 0 Å². The first-order valence-corrected chi connectivity index (χ1v) is 7.90. The molecule has 7 heteroatoms. The average Bonchev–Trinajstić information content (AvgIpc) is 2.45. The summed E-state index contributed by atoms with van der Waals surface area (Å²) in [5.41, 5.74) is 5.78. The molecule has 0 aliphatic rings. The van der Waals surface area contributed by atoms with Gasteiger partial charge in [0, 0.05) is 37.0 Å². The van der Waals surface area contributed by atoms with E-state index in [1.165, 1.54) is 22.8 Å². The summed E-state index contributed by atoms with van der Waals surface area (Å²) in [5, 5.41) is 8.66. The van der Waals surface area contributed by atoms with Gasteiger partial charge < -0.3 is 5.73 Å². The van der Waals surface area contributed by atoms with E-state index in [0.717, 1.165) is 0 Å². The van der Waals surface area contributed by atoms with Gasteiger partial charge >= 0.3 is 0 Å². The molecule has 0 spiro atoms. The Bertz CT molecular complexity index is 681. The number of nitrogens with zero attached hydrogens (tertiary/aromatic N) is 3. The van der Waals surface area contributed by atoms with Crippen molar-refractivity contribution in [3.05, 3.63) is 24.0 Å². The Morgan fingerprint density at radius 1 is 1.43 bits per heavy atom. The number of pyridine rings is 1. The van der Waals surface area contributed by atoms with E-state index in [1.807, 2.05) is 6.07 Å². The summed E-state index contributed by atoms with van der Waals surface area (Å²) in [6.07, 6.45) is 2.90.